The SMILES string of the molecule is COc1ccccc1CN1CCCN(c2ccc(NC(=O)C3CCCC3)cc2)C1=O. The zero-order chi connectivity index (χ0) is 20.9. The number of methoxy groups -OCH3 is 1. The number of hydrogen-bond acceptors (Lipinski definition) is 3. The Morgan fingerprint density at radius 1 is 1.03 bits per heavy atom. The molecule has 0 aromatic heterocycles. The number of carbonyl (C=O) groups is 2. The van der Waals surface area contributed by atoms with E-state index in [-0.39, 0.29) is 17.9 Å². The number of ether oxygens (including phenoxy) is 1. The maximum absolute atomic E-state index is 13.1. The van der Waals surface area contributed by atoms with Crippen LogP contribution >= 0.6 is 0 Å². The zero-order valence-electron chi connectivity index (χ0n) is 17.5. The molecule has 0 bridgehead atoms. The average Bonchev–Trinajstić information content (AvgIpc) is 3.31. The van der Waals surface area contributed by atoms with Gasteiger partial charge in [0.15, 0.2) is 0 Å². The Bertz CT molecular complexity index is 891. The van der Waals surface area contributed by atoms with Gasteiger partial charge in [-0.05, 0) is 49.6 Å². The van der Waals surface area contributed by atoms with Gasteiger partial charge in [0.05, 0.1) is 13.7 Å². The first-order chi connectivity index (χ1) is 14.7. The first-order valence-corrected chi connectivity index (χ1v) is 10.7. The third kappa shape index (κ3) is 4.42. The number of hydrogen-bond donors (Lipinski definition) is 1. The molecule has 2 aromatic rings. The van der Waals surface area contributed by atoms with E-state index in [4.69, 9.17) is 4.74 Å². The van der Waals surface area contributed by atoms with Crippen molar-refractivity contribution in [3.05, 3.63) is 54.1 Å². The molecule has 30 heavy (non-hydrogen) atoms. The molecule has 1 saturated heterocycles. The molecule has 2 aliphatic rings. The van der Waals surface area contributed by atoms with Gasteiger partial charge in [-0.2, -0.15) is 0 Å². The fraction of sp³-hybridized carbons (Fsp3) is 0.417. The standard InChI is InChI=1S/C24H29N3O3/c1-30-22-10-5-4-9-19(22)17-26-15-6-16-27(24(26)29)21-13-11-20(12-14-21)25-23(28)18-7-2-3-8-18/h4-5,9-14,18H,2-3,6-8,15-17H2,1H3,(H,25,28). The van der Waals surface area contributed by atoms with Crippen LogP contribution in [0.1, 0.15) is 37.7 Å². The Hall–Kier alpha value is -3.02. The molecule has 3 amide bonds. The zero-order valence-corrected chi connectivity index (χ0v) is 17.5. The second-order valence-corrected chi connectivity index (χ2v) is 8.04. The van der Waals surface area contributed by atoms with E-state index in [1.54, 1.807) is 7.11 Å². The van der Waals surface area contributed by atoms with E-state index < -0.39 is 0 Å². The highest BCUT2D eigenvalue weighted by Crippen LogP contribution is 2.28. The van der Waals surface area contributed by atoms with Gasteiger partial charge in [-0.25, -0.2) is 4.79 Å². The van der Waals surface area contributed by atoms with Crippen molar-refractivity contribution in [2.75, 3.05) is 30.4 Å². The molecule has 0 radical (unpaired) electrons. The summed E-state index contributed by atoms with van der Waals surface area (Å²) in [6.45, 7) is 1.94. The van der Waals surface area contributed by atoms with Crippen LogP contribution in [-0.2, 0) is 11.3 Å². The monoisotopic (exact) mass is 407 g/mol. The van der Waals surface area contributed by atoms with Gasteiger partial charge in [-0.1, -0.05) is 31.0 Å². The molecular formula is C24H29N3O3. The molecule has 1 aliphatic carbocycles. The second-order valence-electron chi connectivity index (χ2n) is 8.04. The van der Waals surface area contributed by atoms with Gasteiger partial charge < -0.3 is 15.0 Å². The minimum Gasteiger partial charge on any atom is -0.496 e. The molecule has 2 aromatic carbocycles. The number of amides is 3. The molecule has 1 heterocycles. The van der Waals surface area contributed by atoms with E-state index in [1.807, 2.05) is 58.3 Å². The van der Waals surface area contributed by atoms with E-state index in [2.05, 4.69) is 5.32 Å². The lowest BCUT2D eigenvalue weighted by Gasteiger charge is -2.36. The molecule has 1 saturated carbocycles. The lowest BCUT2D eigenvalue weighted by molar-refractivity contribution is -0.119. The summed E-state index contributed by atoms with van der Waals surface area (Å²) in [6, 6.07) is 15.4. The third-order valence-corrected chi connectivity index (χ3v) is 6.04. The summed E-state index contributed by atoms with van der Waals surface area (Å²) in [6.07, 6.45) is 5.14. The molecule has 0 unspecified atom stereocenters. The first-order valence-electron chi connectivity index (χ1n) is 10.7. The molecule has 6 heteroatoms. The topological polar surface area (TPSA) is 61.9 Å². The molecule has 1 aliphatic heterocycles. The predicted octanol–water partition coefficient (Wildman–Crippen LogP) is 4.66. The quantitative estimate of drug-likeness (QED) is 0.758. The summed E-state index contributed by atoms with van der Waals surface area (Å²) in [7, 11) is 1.65. The van der Waals surface area contributed by atoms with Crippen LogP contribution in [0.4, 0.5) is 16.2 Å². The van der Waals surface area contributed by atoms with Crippen LogP contribution in [-0.4, -0.2) is 37.0 Å². The smallest absolute Gasteiger partial charge is 0.324 e. The number of nitrogens with one attached hydrogen (secondary N) is 1. The summed E-state index contributed by atoms with van der Waals surface area (Å²) in [5.74, 6) is 1.04. The fourth-order valence-corrected chi connectivity index (χ4v) is 4.36. The van der Waals surface area contributed by atoms with Gasteiger partial charge in [0.2, 0.25) is 5.91 Å². The van der Waals surface area contributed by atoms with Gasteiger partial charge in [0.1, 0.15) is 5.75 Å². The summed E-state index contributed by atoms with van der Waals surface area (Å²) in [4.78, 5) is 29.1. The Kier molecular flexibility index (Phi) is 6.21. The lowest BCUT2D eigenvalue weighted by Crippen LogP contribution is -2.49. The average molecular weight is 408 g/mol. The number of benzene rings is 2. The van der Waals surface area contributed by atoms with Crippen LogP contribution in [0.15, 0.2) is 48.5 Å². The third-order valence-electron chi connectivity index (χ3n) is 6.04. The van der Waals surface area contributed by atoms with E-state index in [0.29, 0.717) is 13.1 Å². The second kappa shape index (κ2) is 9.20. The molecule has 6 nitrogen and oxygen atoms in total. The summed E-state index contributed by atoms with van der Waals surface area (Å²) in [5.41, 5.74) is 2.63. The number of carbonyl (C=O) groups excluding carboxylic acids is 2. The molecule has 158 valence electrons. The van der Waals surface area contributed by atoms with Crippen molar-refractivity contribution >= 4 is 23.3 Å². The van der Waals surface area contributed by atoms with Crippen molar-refractivity contribution < 1.29 is 14.3 Å². The maximum Gasteiger partial charge on any atom is 0.324 e. The van der Waals surface area contributed by atoms with Crippen LogP contribution in [0.2, 0.25) is 0 Å². The van der Waals surface area contributed by atoms with Crippen molar-refractivity contribution in [3.63, 3.8) is 0 Å². The molecular weight excluding hydrogens is 378 g/mol. The van der Waals surface area contributed by atoms with Gasteiger partial charge in [-0.3, -0.25) is 9.69 Å². The van der Waals surface area contributed by atoms with E-state index in [0.717, 1.165) is 61.3 Å². The van der Waals surface area contributed by atoms with Gasteiger partial charge in [0.25, 0.3) is 0 Å². The number of anilines is 2. The summed E-state index contributed by atoms with van der Waals surface area (Å²) >= 11 is 0. The van der Waals surface area contributed by atoms with Crippen LogP contribution in [0, 0.1) is 5.92 Å². The van der Waals surface area contributed by atoms with E-state index in [9.17, 15) is 9.59 Å². The number of para-hydroxylation sites is 1. The Balaban J connectivity index is 1.41. The fourth-order valence-electron chi connectivity index (χ4n) is 4.36. The minimum atomic E-state index is -0.00472. The number of urea groups is 1. The van der Waals surface area contributed by atoms with Crippen LogP contribution in [0.25, 0.3) is 0 Å². The van der Waals surface area contributed by atoms with Gasteiger partial charge in [-0.15, -0.1) is 0 Å². The van der Waals surface area contributed by atoms with Gasteiger partial charge in [0, 0.05) is 35.9 Å². The minimum absolute atomic E-state index is 0.00472. The first kappa shape index (κ1) is 20.3. The highest BCUT2D eigenvalue weighted by Gasteiger charge is 2.27. The van der Waals surface area contributed by atoms with Gasteiger partial charge >= 0.3 is 6.03 Å². The number of nitrogens with zero attached hydrogens (tertiary/aromatic N) is 2. The Labute approximate surface area is 177 Å². The Morgan fingerprint density at radius 3 is 2.50 bits per heavy atom. The normalized spacial score (nSPS) is 17.3. The molecule has 2 fully saturated rings. The van der Waals surface area contributed by atoms with Crippen molar-refractivity contribution in [2.24, 2.45) is 5.92 Å². The summed E-state index contributed by atoms with van der Waals surface area (Å²) in [5, 5.41) is 3.01. The molecule has 4 rings (SSSR count). The lowest BCUT2D eigenvalue weighted by atomic mass is 10.1. The molecule has 1 N–H and O–H groups in total. The highest BCUT2D eigenvalue weighted by molar-refractivity contribution is 5.95. The molecule has 0 atom stereocenters. The molecule has 0 spiro atoms. The summed E-state index contributed by atoms with van der Waals surface area (Å²) < 4.78 is 5.43. The highest BCUT2D eigenvalue weighted by atomic mass is 16.5. The largest absolute Gasteiger partial charge is 0.496 e. The predicted molar refractivity (Wildman–Crippen MR) is 118 cm³/mol. The van der Waals surface area contributed by atoms with Crippen molar-refractivity contribution in [3.8, 4) is 5.75 Å². The number of rotatable bonds is 6. The van der Waals surface area contributed by atoms with Crippen molar-refractivity contribution in [1.82, 2.24) is 4.90 Å². The van der Waals surface area contributed by atoms with E-state index in [1.165, 1.54) is 0 Å². The van der Waals surface area contributed by atoms with Crippen LogP contribution in [0.3, 0.4) is 0 Å². The Morgan fingerprint density at radius 2 is 1.77 bits per heavy atom. The van der Waals surface area contributed by atoms with Crippen molar-refractivity contribution in [1.29, 1.82) is 0 Å². The maximum atomic E-state index is 13.1. The van der Waals surface area contributed by atoms with Crippen LogP contribution in [0.5, 0.6) is 5.75 Å². The van der Waals surface area contributed by atoms with E-state index >= 15 is 0 Å². The van der Waals surface area contributed by atoms with Crippen molar-refractivity contribution in [2.45, 2.75) is 38.6 Å². The van der Waals surface area contributed by atoms with Crippen LogP contribution < -0.4 is 15.0 Å².